The second-order valence-electron chi connectivity index (χ2n) is 4.69. The van der Waals surface area contributed by atoms with Gasteiger partial charge in [-0.3, -0.25) is 9.48 Å². The smallest absolute Gasteiger partial charge is 0.332 e. The molecule has 0 fully saturated rings. The summed E-state index contributed by atoms with van der Waals surface area (Å²) in [4.78, 5) is 22.9. The number of rotatable bonds is 6. The van der Waals surface area contributed by atoms with Gasteiger partial charge in [-0.2, -0.15) is 5.10 Å². The number of aromatic nitrogens is 2. The molecule has 2 aromatic rings. The Morgan fingerprint density at radius 1 is 1.26 bits per heavy atom. The number of esters is 1. The summed E-state index contributed by atoms with van der Waals surface area (Å²) in [5.74, 6) is -0.572. The maximum atomic E-state index is 11.8. The summed E-state index contributed by atoms with van der Waals surface area (Å²) in [5, 5.41) is 7.58. The highest BCUT2D eigenvalue weighted by atomic mass is 35.5. The van der Waals surface area contributed by atoms with E-state index in [-0.39, 0.29) is 13.2 Å². The number of aryl methyl sites for hydroxylation is 1. The number of benzene rings is 1. The molecule has 1 heterocycles. The van der Waals surface area contributed by atoms with E-state index < -0.39 is 11.9 Å². The lowest BCUT2D eigenvalue weighted by atomic mass is 10.1. The third kappa shape index (κ3) is 4.80. The Bertz CT molecular complexity index is 697. The summed E-state index contributed by atoms with van der Waals surface area (Å²) >= 11 is 5.85. The minimum atomic E-state index is -0.602. The van der Waals surface area contributed by atoms with E-state index in [1.807, 2.05) is 12.1 Å². The number of carbonyl (C=O) groups excluding carboxylic acids is 2. The number of methoxy groups -OCH3 is 1. The normalized spacial score (nSPS) is 10.4. The second-order valence-corrected chi connectivity index (χ2v) is 5.12. The summed E-state index contributed by atoms with van der Waals surface area (Å²) in [5.41, 5.74) is 1.56. The number of ether oxygens (including phenoxy) is 2. The van der Waals surface area contributed by atoms with Crippen molar-refractivity contribution in [3.63, 3.8) is 0 Å². The Morgan fingerprint density at radius 3 is 2.61 bits per heavy atom. The highest BCUT2D eigenvalue weighted by Crippen LogP contribution is 2.22. The van der Waals surface area contributed by atoms with Crippen LogP contribution in [0.15, 0.2) is 30.3 Å². The largest absolute Gasteiger partial charge is 0.454 e. The molecule has 0 aliphatic rings. The van der Waals surface area contributed by atoms with E-state index >= 15 is 0 Å². The van der Waals surface area contributed by atoms with Crippen molar-refractivity contribution in [2.24, 2.45) is 7.05 Å². The van der Waals surface area contributed by atoms with E-state index in [9.17, 15) is 9.59 Å². The molecule has 1 aromatic carbocycles. The topological polar surface area (TPSA) is 82.4 Å². The monoisotopic (exact) mass is 337 g/mol. The van der Waals surface area contributed by atoms with Gasteiger partial charge in [-0.05, 0) is 12.1 Å². The number of anilines is 1. The van der Waals surface area contributed by atoms with Gasteiger partial charge in [0.15, 0.2) is 6.61 Å². The highest BCUT2D eigenvalue weighted by molar-refractivity contribution is 6.30. The van der Waals surface area contributed by atoms with Gasteiger partial charge in [-0.15, -0.1) is 0 Å². The van der Waals surface area contributed by atoms with Crippen molar-refractivity contribution in [1.82, 2.24) is 9.78 Å². The van der Waals surface area contributed by atoms with Crippen LogP contribution in [0.2, 0.25) is 5.02 Å². The van der Waals surface area contributed by atoms with Gasteiger partial charge in [0.25, 0.3) is 5.91 Å². The molecule has 1 amide bonds. The number of amides is 1. The molecule has 1 N–H and O–H groups in total. The fourth-order valence-corrected chi connectivity index (χ4v) is 1.96. The molecule has 8 heteroatoms. The fraction of sp³-hybridized carbons (Fsp3) is 0.267. The van der Waals surface area contributed by atoms with Gasteiger partial charge in [-0.1, -0.05) is 23.7 Å². The van der Waals surface area contributed by atoms with Crippen LogP contribution in [-0.4, -0.2) is 42.0 Å². The molecule has 0 spiro atoms. The van der Waals surface area contributed by atoms with Gasteiger partial charge < -0.3 is 14.8 Å². The average Bonchev–Trinajstić information content (AvgIpc) is 2.87. The van der Waals surface area contributed by atoms with E-state index in [1.165, 1.54) is 11.8 Å². The molecule has 0 saturated carbocycles. The van der Waals surface area contributed by atoms with Gasteiger partial charge in [0.05, 0.1) is 5.69 Å². The molecule has 0 aliphatic carbocycles. The molecule has 0 atom stereocenters. The number of halogens is 1. The van der Waals surface area contributed by atoms with Crippen LogP contribution in [0.5, 0.6) is 0 Å². The molecule has 0 radical (unpaired) electrons. The van der Waals surface area contributed by atoms with Crippen molar-refractivity contribution in [2.75, 3.05) is 25.6 Å². The molecule has 2 rings (SSSR count). The Labute approximate surface area is 138 Å². The van der Waals surface area contributed by atoms with Crippen molar-refractivity contribution in [3.8, 4) is 11.3 Å². The summed E-state index contributed by atoms with van der Waals surface area (Å²) in [7, 11) is 3.07. The van der Waals surface area contributed by atoms with Gasteiger partial charge >= 0.3 is 5.97 Å². The molecule has 7 nitrogen and oxygen atoms in total. The molecule has 1 aromatic heterocycles. The summed E-state index contributed by atoms with van der Waals surface area (Å²) in [6.45, 7) is -0.580. The maximum Gasteiger partial charge on any atom is 0.332 e. The third-order valence-corrected chi connectivity index (χ3v) is 3.17. The second kappa shape index (κ2) is 7.75. The lowest BCUT2D eigenvalue weighted by Gasteiger charge is -2.05. The van der Waals surface area contributed by atoms with Gasteiger partial charge in [0, 0.05) is 30.8 Å². The van der Waals surface area contributed by atoms with E-state index in [2.05, 4.69) is 15.2 Å². The van der Waals surface area contributed by atoms with E-state index in [0.29, 0.717) is 16.5 Å². The Morgan fingerprint density at radius 2 is 1.96 bits per heavy atom. The van der Waals surface area contributed by atoms with Crippen LogP contribution in [0, 0.1) is 0 Å². The van der Waals surface area contributed by atoms with Gasteiger partial charge in [-0.25, -0.2) is 4.79 Å². The van der Waals surface area contributed by atoms with Gasteiger partial charge in [0.1, 0.15) is 12.4 Å². The first kappa shape index (κ1) is 17.0. The van der Waals surface area contributed by atoms with Crippen molar-refractivity contribution in [3.05, 3.63) is 35.4 Å². The molecule has 0 unspecified atom stereocenters. The SMILES string of the molecule is COCC(=O)OCC(=O)Nc1cc(-c2ccc(Cl)cc2)nn1C. The van der Waals surface area contributed by atoms with Crippen LogP contribution in [0.4, 0.5) is 5.82 Å². The molecule has 0 aliphatic heterocycles. The number of nitrogens with one attached hydrogen (secondary N) is 1. The average molecular weight is 338 g/mol. The van der Waals surface area contributed by atoms with Crippen LogP contribution in [0.1, 0.15) is 0 Å². The molecule has 0 saturated heterocycles. The highest BCUT2D eigenvalue weighted by Gasteiger charge is 2.12. The van der Waals surface area contributed by atoms with E-state index in [4.69, 9.17) is 16.3 Å². The molecule has 0 bridgehead atoms. The number of hydrogen-bond acceptors (Lipinski definition) is 5. The lowest BCUT2D eigenvalue weighted by molar-refractivity contribution is -0.150. The predicted molar refractivity (Wildman–Crippen MR) is 85.1 cm³/mol. The number of hydrogen-bond donors (Lipinski definition) is 1. The molecule has 23 heavy (non-hydrogen) atoms. The molecular formula is C15H16ClN3O4. The first-order valence-corrected chi connectivity index (χ1v) is 7.12. The minimum Gasteiger partial charge on any atom is -0.454 e. The standard InChI is InChI=1S/C15H16ClN3O4/c1-19-13(17-14(20)8-23-15(21)9-22-2)7-12(18-19)10-3-5-11(16)6-4-10/h3-7H,8-9H2,1-2H3,(H,17,20). The Hall–Kier alpha value is -2.38. The van der Waals surface area contributed by atoms with Crippen LogP contribution in [-0.2, 0) is 26.1 Å². The van der Waals surface area contributed by atoms with Crippen LogP contribution < -0.4 is 5.32 Å². The van der Waals surface area contributed by atoms with Crippen LogP contribution >= 0.6 is 11.6 Å². The van der Waals surface area contributed by atoms with E-state index in [1.54, 1.807) is 25.2 Å². The first-order valence-electron chi connectivity index (χ1n) is 6.74. The minimum absolute atomic E-state index is 0.195. The van der Waals surface area contributed by atoms with Crippen molar-refractivity contribution >= 4 is 29.3 Å². The number of carbonyl (C=O) groups is 2. The molecular weight excluding hydrogens is 322 g/mol. The first-order chi connectivity index (χ1) is 11.0. The Kier molecular flexibility index (Phi) is 5.72. The van der Waals surface area contributed by atoms with Gasteiger partial charge in [0.2, 0.25) is 0 Å². The summed E-state index contributed by atoms with van der Waals surface area (Å²) < 4.78 is 10.9. The van der Waals surface area contributed by atoms with Crippen molar-refractivity contribution < 1.29 is 19.1 Å². The third-order valence-electron chi connectivity index (χ3n) is 2.91. The van der Waals surface area contributed by atoms with Crippen LogP contribution in [0.3, 0.4) is 0 Å². The fourth-order valence-electron chi connectivity index (χ4n) is 1.83. The lowest BCUT2D eigenvalue weighted by Crippen LogP contribution is -2.23. The molecule has 122 valence electrons. The number of nitrogens with zero attached hydrogens (tertiary/aromatic N) is 2. The van der Waals surface area contributed by atoms with Crippen molar-refractivity contribution in [2.45, 2.75) is 0 Å². The summed E-state index contributed by atoms with van der Waals surface area (Å²) in [6.07, 6.45) is 0. The van der Waals surface area contributed by atoms with Crippen LogP contribution in [0.25, 0.3) is 11.3 Å². The summed E-state index contributed by atoms with van der Waals surface area (Å²) in [6, 6.07) is 8.92. The van der Waals surface area contributed by atoms with Crippen molar-refractivity contribution in [1.29, 1.82) is 0 Å². The predicted octanol–water partition coefficient (Wildman–Crippen LogP) is 1.87. The zero-order chi connectivity index (χ0) is 16.8. The Balaban J connectivity index is 1.99. The quantitative estimate of drug-likeness (QED) is 0.814. The zero-order valence-electron chi connectivity index (χ0n) is 12.7. The maximum absolute atomic E-state index is 11.8. The zero-order valence-corrected chi connectivity index (χ0v) is 13.5. The van der Waals surface area contributed by atoms with E-state index in [0.717, 1.165) is 5.56 Å².